The molecular formula is C32H36N6O3. The molecule has 1 saturated heterocycles. The van der Waals surface area contributed by atoms with E-state index in [1.807, 2.05) is 74.5 Å². The van der Waals surface area contributed by atoms with Crippen molar-refractivity contribution in [3.8, 4) is 11.1 Å². The van der Waals surface area contributed by atoms with Gasteiger partial charge in [-0.05, 0) is 72.4 Å². The standard InChI is InChI=1S/C32H36N6O3/c1-20-24(7-6-8-26(20)35-30(39)22-9-11-23(12-10-22)32(3,4)5)25-19-27(31(40)33-21(25)2)34-28-13-14-29(37-36-28)38-15-17-41-18-16-38/h6-14,19H,15-18H2,1-5H3,(H,33,40)(H,34,36)(H,35,39). The number of aryl methyl sites for hydroxylation is 1. The van der Waals surface area contributed by atoms with Crippen LogP contribution in [0.2, 0.25) is 0 Å². The largest absolute Gasteiger partial charge is 0.378 e. The Morgan fingerprint density at radius 2 is 1.66 bits per heavy atom. The van der Waals surface area contributed by atoms with E-state index in [9.17, 15) is 9.59 Å². The SMILES string of the molecule is Cc1[nH]c(=O)c(Nc2ccc(N3CCOCC3)nn2)cc1-c1cccc(NC(=O)c2ccc(C(C)(C)C)cc2)c1C. The highest BCUT2D eigenvalue weighted by Gasteiger charge is 2.17. The van der Waals surface area contributed by atoms with E-state index >= 15 is 0 Å². The van der Waals surface area contributed by atoms with Crippen LogP contribution in [0.15, 0.2) is 65.5 Å². The minimum absolute atomic E-state index is 0.0150. The molecule has 2 aromatic heterocycles. The summed E-state index contributed by atoms with van der Waals surface area (Å²) in [7, 11) is 0. The summed E-state index contributed by atoms with van der Waals surface area (Å²) in [6.45, 7) is 13.1. The molecule has 0 radical (unpaired) electrons. The Labute approximate surface area is 240 Å². The van der Waals surface area contributed by atoms with E-state index in [1.54, 1.807) is 0 Å². The Morgan fingerprint density at radius 1 is 0.927 bits per heavy atom. The van der Waals surface area contributed by atoms with Crippen LogP contribution >= 0.6 is 0 Å². The van der Waals surface area contributed by atoms with Crippen molar-refractivity contribution in [3.05, 3.63) is 93.4 Å². The van der Waals surface area contributed by atoms with Gasteiger partial charge in [0, 0.05) is 35.6 Å². The molecule has 41 heavy (non-hydrogen) atoms. The van der Waals surface area contributed by atoms with Crippen molar-refractivity contribution in [2.45, 2.75) is 40.0 Å². The molecule has 0 aliphatic carbocycles. The molecule has 0 bridgehead atoms. The molecule has 1 amide bonds. The van der Waals surface area contributed by atoms with Crippen LogP contribution in [-0.4, -0.2) is 47.4 Å². The fourth-order valence-corrected chi connectivity index (χ4v) is 4.87. The zero-order valence-electron chi connectivity index (χ0n) is 24.2. The molecule has 1 aliphatic rings. The number of hydrogen-bond acceptors (Lipinski definition) is 7. The Morgan fingerprint density at radius 3 is 2.32 bits per heavy atom. The summed E-state index contributed by atoms with van der Waals surface area (Å²) in [4.78, 5) is 31.0. The number of nitrogens with one attached hydrogen (secondary N) is 3. The number of benzene rings is 2. The second-order valence-electron chi connectivity index (χ2n) is 11.3. The zero-order chi connectivity index (χ0) is 29.1. The van der Waals surface area contributed by atoms with Gasteiger partial charge in [0.2, 0.25) is 0 Å². The molecule has 1 fully saturated rings. The topological polar surface area (TPSA) is 112 Å². The molecule has 1 aliphatic heterocycles. The van der Waals surface area contributed by atoms with Gasteiger partial charge in [0.1, 0.15) is 5.69 Å². The first-order chi connectivity index (χ1) is 19.6. The number of anilines is 4. The second-order valence-corrected chi connectivity index (χ2v) is 11.3. The summed E-state index contributed by atoms with van der Waals surface area (Å²) in [6.07, 6.45) is 0. The first-order valence-corrected chi connectivity index (χ1v) is 13.8. The molecule has 0 atom stereocenters. The molecule has 0 spiro atoms. The van der Waals surface area contributed by atoms with Crippen molar-refractivity contribution in [2.24, 2.45) is 0 Å². The third-order valence-electron chi connectivity index (χ3n) is 7.37. The molecule has 5 rings (SSSR count). The zero-order valence-corrected chi connectivity index (χ0v) is 24.2. The normalized spacial score (nSPS) is 13.6. The number of carbonyl (C=O) groups excluding carboxylic acids is 1. The van der Waals surface area contributed by atoms with Crippen LogP contribution in [0.4, 0.5) is 23.0 Å². The third-order valence-corrected chi connectivity index (χ3v) is 7.37. The first-order valence-electron chi connectivity index (χ1n) is 13.8. The molecular weight excluding hydrogens is 516 g/mol. The number of pyridine rings is 1. The number of hydrogen-bond donors (Lipinski definition) is 3. The molecule has 3 N–H and O–H groups in total. The predicted molar refractivity (Wildman–Crippen MR) is 163 cm³/mol. The van der Waals surface area contributed by atoms with Crippen LogP contribution in [0.25, 0.3) is 11.1 Å². The van der Waals surface area contributed by atoms with E-state index < -0.39 is 0 Å². The number of ether oxygens (including phenoxy) is 1. The number of carbonyl (C=O) groups is 1. The number of aromatic amines is 1. The summed E-state index contributed by atoms with van der Waals surface area (Å²) in [6, 6.07) is 19.0. The first kappa shape index (κ1) is 28.0. The fourth-order valence-electron chi connectivity index (χ4n) is 4.87. The maximum atomic E-state index is 13.1. The van der Waals surface area contributed by atoms with Gasteiger partial charge in [-0.25, -0.2) is 0 Å². The van der Waals surface area contributed by atoms with Crippen molar-refractivity contribution < 1.29 is 9.53 Å². The molecule has 9 nitrogen and oxygen atoms in total. The minimum atomic E-state index is -0.258. The maximum Gasteiger partial charge on any atom is 0.271 e. The monoisotopic (exact) mass is 552 g/mol. The average Bonchev–Trinajstić information content (AvgIpc) is 2.96. The lowest BCUT2D eigenvalue weighted by Crippen LogP contribution is -2.36. The number of rotatable bonds is 6. The molecule has 2 aromatic carbocycles. The highest BCUT2D eigenvalue weighted by atomic mass is 16.5. The molecule has 4 aromatic rings. The van der Waals surface area contributed by atoms with Crippen molar-refractivity contribution >= 4 is 28.9 Å². The lowest BCUT2D eigenvalue weighted by Gasteiger charge is -2.27. The summed E-state index contributed by atoms with van der Waals surface area (Å²) in [5, 5.41) is 14.8. The number of nitrogens with zero attached hydrogens (tertiary/aromatic N) is 3. The highest BCUT2D eigenvalue weighted by Crippen LogP contribution is 2.32. The van der Waals surface area contributed by atoms with E-state index in [0.29, 0.717) is 36.0 Å². The number of amides is 1. The van der Waals surface area contributed by atoms with Gasteiger partial charge in [-0.3, -0.25) is 9.59 Å². The van der Waals surface area contributed by atoms with Gasteiger partial charge < -0.3 is 25.3 Å². The van der Waals surface area contributed by atoms with Gasteiger partial charge in [0.15, 0.2) is 11.6 Å². The Balaban J connectivity index is 1.37. The van der Waals surface area contributed by atoms with Gasteiger partial charge in [-0.15, -0.1) is 10.2 Å². The highest BCUT2D eigenvalue weighted by molar-refractivity contribution is 6.05. The summed E-state index contributed by atoms with van der Waals surface area (Å²) in [5.74, 6) is 1.07. The van der Waals surface area contributed by atoms with Gasteiger partial charge in [-0.1, -0.05) is 45.0 Å². The molecule has 0 saturated carbocycles. The van der Waals surface area contributed by atoms with Crippen LogP contribution in [0.3, 0.4) is 0 Å². The number of H-pyrrole nitrogens is 1. The Hall–Kier alpha value is -4.50. The molecule has 3 heterocycles. The maximum absolute atomic E-state index is 13.1. The summed E-state index contributed by atoms with van der Waals surface area (Å²) < 4.78 is 5.40. The van der Waals surface area contributed by atoms with E-state index in [4.69, 9.17) is 4.74 Å². The quantitative estimate of drug-likeness (QED) is 0.286. The Kier molecular flexibility index (Phi) is 7.90. The van der Waals surface area contributed by atoms with Crippen LogP contribution in [0.5, 0.6) is 0 Å². The van der Waals surface area contributed by atoms with Gasteiger partial charge >= 0.3 is 0 Å². The van der Waals surface area contributed by atoms with Crippen molar-refractivity contribution in [1.29, 1.82) is 0 Å². The Bertz CT molecular complexity index is 1600. The van der Waals surface area contributed by atoms with Gasteiger partial charge in [0.05, 0.1) is 13.2 Å². The lowest BCUT2D eigenvalue weighted by molar-refractivity contribution is 0.102. The average molecular weight is 553 g/mol. The second kappa shape index (κ2) is 11.5. The van der Waals surface area contributed by atoms with Crippen molar-refractivity contribution in [1.82, 2.24) is 15.2 Å². The van der Waals surface area contributed by atoms with Crippen LogP contribution in [-0.2, 0) is 10.2 Å². The molecule has 9 heteroatoms. The summed E-state index contributed by atoms with van der Waals surface area (Å²) >= 11 is 0. The minimum Gasteiger partial charge on any atom is -0.378 e. The van der Waals surface area contributed by atoms with Crippen LogP contribution in [0, 0.1) is 13.8 Å². The van der Waals surface area contributed by atoms with E-state index in [1.165, 1.54) is 5.56 Å². The van der Waals surface area contributed by atoms with E-state index in [0.717, 1.165) is 41.3 Å². The summed E-state index contributed by atoms with van der Waals surface area (Å²) in [5.41, 5.74) is 5.93. The fraction of sp³-hybridized carbons (Fsp3) is 0.312. The van der Waals surface area contributed by atoms with E-state index in [2.05, 4.69) is 51.5 Å². The van der Waals surface area contributed by atoms with Crippen molar-refractivity contribution in [3.63, 3.8) is 0 Å². The van der Waals surface area contributed by atoms with Crippen LogP contribution in [0.1, 0.15) is 48.0 Å². The molecule has 212 valence electrons. The lowest BCUT2D eigenvalue weighted by atomic mass is 9.86. The third kappa shape index (κ3) is 6.30. The predicted octanol–water partition coefficient (Wildman–Crippen LogP) is 5.58. The van der Waals surface area contributed by atoms with Gasteiger partial charge in [-0.2, -0.15) is 0 Å². The van der Waals surface area contributed by atoms with E-state index in [-0.39, 0.29) is 16.9 Å². The van der Waals surface area contributed by atoms with Gasteiger partial charge in [0.25, 0.3) is 11.5 Å². The number of morpholine rings is 1. The van der Waals surface area contributed by atoms with Crippen LogP contribution < -0.4 is 21.1 Å². The smallest absolute Gasteiger partial charge is 0.271 e. The van der Waals surface area contributed by atoms with Crippen molar-refractivity contribution in [2.75, 3.05) is 41.8 Å². The molecule has 0 unspecified atom stereocenters. The number of aromatic nitrogens is 3.